The second kappa shape index (κ2) is 2.27. The fourth-order valence-electron chi connectivity index (χ4n) is 1.43. The molecule has 0 bridgehead atoms. The molecule has 0 radical (unpaired) electrons. The van der Waals surface area contributed by atoms with Crippen molar-refractivity contribution in [3.63, 3.8) is 0 Å². The number of nitrogens with zero attached hydrogens (tertiary/aromatic N) is 2. The minimum absolute atomic E-state index is 0.166. The second-order valence-corrected chi connectivity index (χ2v) is 2.85. The van der Waals surface area contributed by atoms with Crippen LogP contribution in [-0.2, 0) is 9.59 Å². The van der Waals surface area contributed by atoms with Crippen LogP contribution in [0.5, 0.6) is 0 Å². The number of amides is 2. The first-order valence-electron chi connectivity index (χ1n) is 3.77. The van der Waals surface area contributed by atoms with Crippen molar-refractivity contribution in [1.82, 2.24) is 4.90 Å². The lowest BCUT2D eigenvalue weighted by molar-refractivity contribution is -0.135. The SMILES string of the molecule is CN1C(=O)C2=C(CCN=C2)C1=O. The Morgan fingerprint density at radius 2 is 2.17 bits per heavy atom. The fraction of sp³-hybridized carbons (Fsp3) is 0.375. The quantitative estimate of drug-likeness (QED) is 0.464. The number of aliphatic imine (C=N–C) groups is 1. The summed E-state index contributed by atoms with van der Waals surface area (Å²) < 4.78 is 0. The van der Waals surface area contributed by atoms with E-state index in [1.165, 1.54) is 13.3 Å². The molecule has 62 valence electrons. The molecule has 2 aliphatic heterocycles. The molecule has 2 heterocycles. The largest absolute Gasteiger partial charge is 0.292 e. The lowest BCUT2D eigenvalue weighted by Crippen LogP contribution is -2.26. The van der Waals surface area contributed by atoms with Crippen molar-refractivity contribution in [3.05, 3.63) is 11.1 Å². The Kier molecular flexibility index (Phi) is 1.36. The Bertz CT molecular complexity index is 328. The van der Waals surface area contributed by atoms with Crippen molar-refractivity contribution in [2.45, 2.75) is 6.42 Å². The molecule has 0 aromatic rings. The van der Waals surface area contributed by atoms with Gasteiger partial charge in [-0.3, -0.25) is 19.5 Å². The average Bonchev–Trinajstić information content (AvgIpc) is 2.33. The van der Waals surface area contributed by atoms with Gasteiger partial charge in [0.05, 0.1) is 5.57 Å². The van der Waals surface area contributed by atoms with Gasteiger partial charge in [-0.2, -0.15) is 0 Å². The van der Waals surface area contributed by atoms with Gasteiger partial charge in [0.25, 0.3) is 11.8 Å². The number of hydrogen-bond acceptors (Lipinski definition) is 3. The Morgan fingerprint density at radius 1 is 1.42 bits per heavy atom. The fourth-order valence-corrected chi connectivity index (χ4v) is 1.43. The van der Waals surface area contributed by atoms with Crippen molar-refractivity contribution in [2.75, 3.05) is 13.6 Å². The van der Waals surface area contributed by atoms with Crippen LogP contribution in [0.25, 0.3) is 0 Å². The maximum absolute atomic E-state index is 11.3. The van der Waals surface area contributed by atoms with Crippen molar-refractivity contribution in [3.8, 4) is 0 Å². The van der Waals surface area contributed by atoms with Gasteiger partial charge in [0.1, 0.15) is 0 Å². The number of carbonyl (C=O) groups is 2. The topological polar surface area (TPSA) is 49.7 Å². The molecule has 0 fully saturated rings. The number of hydrogen-bond donors (Lipinski definition) is 0. The molecule has 0 saturated heterocycles. The van der Waals surface area contributed by atoms with E-state index in [1.54, 1.807) is 0 Å². The van der Waals surface area contributed by atoms with Gasteiger partial charge < -0.3 is 0 Å². The highest BCUT2D eigenvalue weighted by atomic mass is 16.2. The van der Waals surface area contributed by atoms with E-state index in [0.29, 0.717) is 24.1 Å². The van der Waals surface area contributed by atoms with Crippen LogP contribution in [-0.4, -0.2) is 36.5 Å². The van der Waals surface area contributed by atoms with Gasteiger partial charge in [0.2, 0.25) is 0 Å². The van der Waals surface area contributed by atoms with E-state index in [-0.39, 0.29) is 11.8 Å². The minimum Gasteiger partial charge on any atom is -0.292 e. The van der Waals surface area contributed by atoms with Crippen LogP contribution in [0.15, 0.2) is 16.1 Å². The first-order chi connectivity index (χ1) is 5.72. The van der Waals surface area contributed by atoms with Crippen molar-refractivity contribution < 1.29 is 9.59 Å². The highest BCUT2D eigenvalue weighted by molar-refractivity contribution is 6.28. The predicted octanol–water partition coefficient (Wildman–Crippen LogP) is -0.244. The summed E-state index contributed by atoms with van der Waals surface area (Å²) >= 11 is 0. The molecule has 2 amide bonds. The van der Waals surface area contributed by atoms with E-state index in [2.05, 4.69) is 4.99 Å². The molecule has 4 nitrogen and oxygen atoms in total. The number of imide groups is 1. The lowest BCUT2D eigenvalue weighted by Gasteiger charge is -2.04. The van der Waals surface area contributed by atoms with Gasteiger partial charge in [-0.05, 0) is 6.42 Å². The molecule has 0 atom stereocenters. The predicted molar refractivity (Wildman–Crippen MR) is 42.8 cm³/mol. The third kappa shape index (κ3) is 0.747. The van der Waals surface area contributed by atoms with Gasteiger partial charge in [0, 0.05) is 25.4 Å². The standard InChI is InChI=1S/C8H8N2O2/c1-10-7(11)5-2-3-9-4-6(5)8(10)12/h4H,2-3H2,1H3. The molecule has 0 N–H and O–H groups in total. The summed E-state index contributed by atoms with van der Waals surface area (Å²) in [6.45, 7) is 0.617. The zero-order valence-corrected chi connectivity index (χ0v) is 6.70. The van der Waals surface area contributed by atoms with Crippen LogP contribution >= 0.6 is 0 Å². The Balaban J connectivity index is 2.49. The van der Waals surface area contributed by atoms with Crippen LogP contribution in [0.4, 0.5) is 0 Å². The van der Waals surface area contributed by atoms with E-state index in [9.17, 15) is 9.59 Å². The molecule has 0 saturated carbocycles. The summed E-state index contributed by atoms with van der Waals surface area (Å²) in [5, 5.41) is 0. The molecule has 4 heteroatoms. The van der Waals surface area contributed by atoms with E-state index in [0.717, 1.165) is 4.90 Å². The maximum Gasteiger partial charge on any atom is 0.262 e. The maximum atomic E-state index is 11.3. The Labute approximate surface area is 69.6 Å². The number of carbonyl (C=O) groups excluding carboxylic acids is 2. The Morgan fingerprint density at radius 3 is 2.83 bits per heavy atom. The molecule has 2 aliphatic rings. The van der Waals surface area contributed by atoms with Gasteiger partial charge in [-0.1, -0.05) is 0 Å². The zero-order chi connectivity index (χ0) is 8.72. The minimum atomic E-state index is -0.224. The van der Waals surface area contributed by atoms with Crippen molar-refractivity contribution in [1.29, 1.82) is 0 Å². The van der Waals surface area contributed by atoms with Crippen molar-refractivity contribution >= 4 is 18.0 Å². The summed E-state index contributed by atoms with van der Waals surface area (Å²) in [4.78, 5) is 27.7. The lowest BCUT2D eigenvalue weighted by atomic mass is 10.1. The Hall–Kier alpha value is -1.45. The smallest absolute Gasteiger partial charge is 0.262 e. The zero-order valence-electron chi connectivity index (χ0n) is 6.70. The molecule has 0 aromatic carbocycles. The van der Waals surface area contributed by atoms with Crippen LogP contribution < -0.4 is 0 Å². The molecule has 0 aromatic heterocycles. The molecular weight excluding hydrogens is 156 g/mol. The normalized spacial score (nSPS) is 22.2. The number of dihydropyridines is 1. The summed E-state index contributed by atoms with van der Waals surface area (Å²) in [5.41, 5.74) is 1.10. The highest BCUT2D eigenvalue weighted by Crippen LogP contribution is 2.23. The van der Waals surface area contributed by atoms with Crippen LogP contribution in [0, 0.1) is 0 Å². The number of rotatable bonds is 0. The van der Waals surface area contributed by atoms with Crippen molar-refractivity contribution in [2.24, 2.45) is 4.99 Å². The number of likely N-dealkylation sites (N-methyl/N-ethyl adjacent to an activating group) is 1. The average molecular weight is 164 g/mol. The summed E-state index contributed by atoms with van der Waals surface area (Å²) in [6.07, 6.45) is 2.10. The molecule has 0 spiro atoms. The van der Waals surface area contributed by atoms with E-state index in [1.807, 2.05) is 0 Å². The molecular formula is C8H8N2O2. The first-order valence-corrected chi connectivity index (χ1v) is 3.77. The van der Waals surface area contributed by atoms with Gasteiger partial charge in [-0.25, -0.2) is 0 Å². The second-order valence-electron chi connectivity index (χ2n) is 2.85. The first kappa shape index (κ1) is 7.21. The molecule has 12 heavy (non-hydrogen) atoms. The van der Waals surface area contributed by atoms with Crippen LogP contribution in [0.1, 0.15) is 6.42 Å². The third-order valence-electron chi connectivity index (χ3n) is 2.13. The van der Waals surface area contributed by atoms with E-state index < -0.39 is 0 Å². The van der Waals surface area contributed by atoms with Gasteiger partial charge >= 0.3 is 0 Å². The van der Waals surface area contributed by atoms with Crippen LogP contribution in [0.3, 0.4) is 0 Å². The third-order valence-corrected chi connectivity index (χ3v) is 2.13. The van der Waals surface area contributed by atoms with Gasteiger partial charge in [0.15, 0.2) is 0 Å². The molecule has 0 aliphatic carbocycles. The van der Waals surface area contributed by atoms with E-state index >= 15 is 0 Å². The highest BCUT2D eigenvalue weighted by Gasteiger charge is 2.35. The summed E-state index contributed by atoms with van der Waals surface area (Å²) in [7, 11) is 1.50. The van der Waals surface area contributed by atoms with Crippen LogP contribution in [0.2, 0.25) is 0 Å². The van der Waals surface area contributed by atoms with E-state index in [4.69, 9.17) is 0 Å². The summed E-state index contributed by atoms with van der Waals surface area (Å²) in [6, 6.07) is 0. The summed E-state index contributed by atoms with van der Waals surface area (Å²) in [5.74, 6) is -0.389. The molecule has 0 unspecified atom stereocenters. The monoisotopic (exact) mass is 164 g/mol. The van der Waals surface area contributed by atoms with Gasteiger partial charge in [-0.15, -0.1) is 0 Å². The molecule has 2 rings (SSSR count).